The Morgan fingerprint density at radius 1 is 0.871 bits per heavy atom. The van der Waals surface area contributed by atoms with Crippen LogP contribution in [0.5, 0.6) is 5.75 Å². The van der Waals surface area contributed by atoms with Crippen molar-refractivity contribution < 1.29 is 4.74 Å². The molecule has 1 unspecified atom stereocenters. The molecule has 0 saturated carbocycles. The Morgan fingerprint density at radius 2 is 1.68 bits per heavy atom. The summed E-state index contributed by atoms with van der Waals surface area (Å²) in [7, 11) is 0. The Bertz CT molecular complexity index is 1280. The molecule has 0 N–H and O–H groups in total. The van der Waals surface area contributed by atoms with Crippen LogP contribution in [0.1, 0.15) is 22.9 Å². The SMILES string of the molecule is Clc1ccc(COc2ccc(C(c3nccc4ccccc34)n3ccnc3)cc2)cc1. The number of pyridine rings is 1. The second-order valence-corrected chi connectivity index (χ2v) is 7.75. The summed E-state index contributed by atoms with van der Waals surface area (Å²) < 4.78 is 8.04. The van der Waals surface area contributed by atoms with E-state index < -0.39 is 0 Å². The van der Waals surface area contributed by atoms with Crippen LogP contribution >= 0.6 is 11.6 Å². The van der Waals surface area contributed by atoms with Crippen LogP contribution in [0.15, 0.2) is 104 Å². The van der Waals surface area contributed by atoms with Crippen molar-refractivity contribution in [3.05, 3.63) is 126 Å². The molecule has 0 amide bonds. The van der Waals surface area contributed by atoms with Gasteiger partial charge < -0.3 is 9.30 Å². The summed E-state index contributed by atoms with van der Waals surface area (Å²) >= 11 is 5.95. The molecule has 2 heterocycles. The third-order valence-corrected chi connectivity index (χ3v) is 5.55. The van der Waals surface area contributed by atoms with E-state index in [1.54, 1.807) is 6.20 Å². The van der Waals surface area contributed by atoms with Crippen LogP contribution < -0.4 is 4.74 Å². The summed E-state index contributed by atoms with van der Waals surface area (Å²) in [5.41, 5.74) is 3.18. The predicted octanol–water partition coefficient (Wildman–Crippen LogP) is 6.30. The molecule has 0 spiro atoms. The Hall–Kier alpha value is -3.63. The van der Waals surface area contributed by atoms with Crippen molar-refractivity contribution in [2.24, 2.45) is 0 Å². The molecule has 3 aromatic carbocycles. The van der Waals surface area contributed by atoms with E-state index in [0.29, 0.717) is 6.61 Å². The lowest BCUT2D eigenvalue weighted by atomic mass is 9.98. The van der Waals surface area contributed by atoms with Crippen molar-refractivity contribution >= 4 is 22.4 Å². The molecule has 0 fully saturated rings. The first kappa shape index (κ1) is 19.3. The minimum absolute atomic E-state index is 0.0843. The lowest BCUT2D eigenvalue weighted by molar-refractivity contribution is 0.306. The molecule has 31 heavy (non-hydrogen) atoms. The first-order valence-electron chi connectivity index (χ1n) is 10.1. The van der Waals surface area contributed by atoms with E-state index in [1.165, 1.54) is 5.39 Å². The minimum Gasteiger partial charge on any atom is -0.489 e. The first-order valence-corrected chi connectivity index (χ1v) is 10.4. The number of rotatable bonds is 6. The van der Waals surface area contributed by atoms with Gasteiger partial charge in [0.2, 0.25) is 0 Å². The van der Waals surface area contributed by atoms with Gasteiger partial charge in [0.05, 0.1) is 12.0 Å². The van der Waals surface area contributed by atoms with Gasteiger partial charge in [-0.3, -0.25) is 4.98 Å². The molecule has 5 heteroatoms. The molecule has 0 aliphatic carbocycles. The standard InChI is InChI=1S/C26H20ClN3O/c27-22-9-5-19(6-10-22)17-31-23-11-7-21(8-12-23)26(30-16-15-28-18-30)25-24-4-2-1-3-20(24)13-14-29-25/h1-16,18,26H,17H2. The zero-order valence-corrected chi connectivity index (χ0v) is 17.5. The Labute approximate surface area is 185 Å². The summed E-state index contributed by atoms with van der Waals surface area (Å²) in [5, 5.41) is 3.02. The number of hydrogen-bond acceptors (Lipinski definition) is 3. The molecular weight excluding hydrogens is 406 g/mol. The van der Waals surface area contributed by atoms with E-state index in [1.807, 2.05) is 73.3 Å². The summed E-state index contributed by atoms with van der Waals surface area (Å²) in [4.78, 5) is 9.02. The second-order valence-electron chi connectivity index (χ2n) is 7.31. The van der Waals surface area contributed by atoms with E-state index >= 15 is 0 Å². The van der Waals surface area contributed by atoms with Crippen molar-refractivity contribution in [3.63, 3.8) is 0 Å². The van der Waals surface area contributed by atoms with Gasteiger partial charge in [-0.25, -0.2) is 4.98 Å². The average molecular weight is 426 g/mol. The molecule has 0 saturated heterocycles. The lowest BCUT2D eigenvalue weighted by Crippen LogP contribution is -2.13. The average Bonchev–Trinajstić information content (AvgIpc) is 3.34. The maximum absolute atomic E-state index is 5.96. The normalized spacial score (nSPS) is 12.0. The highest BCUT2D eigenvalue weighted by Gasteiger charge is 2.20. The number of fused-ring (bicyclic) bond motifs is 1. The van der Waals surface area contributed by atoms with Gasteiger partial charge in [-0.2, -0.15) is 0 Å². The molecule has 5 aromatic rings. The number of aromatic nitrogens is 3. The predicted molar refractivity (Wildman–Crippen MR) is 123 cm³/mol. The van der Waals surface area contributed by atoms with Gasteiger partial charge in [-0.1, -0.05) is 60.1 Å². The molecule has 0 radical (unpaired) electrons. The lowest BCUT2D eigenvalue weighted by Gasteiger charge is -2.20. The van der Waals surface area contributed by atoms with Crippen molar-refractivity contribution in [3.8, 4) is 5.75 Å². The maximum Gasteiger partial charge on any atom is 0.119 e. The summed E-state index contributed by atoms with van der Waals surface area (Å²) in [6.45, 7) is 0.492. The van der Waals surface area contributed by atoms with E-state index in [-0.39, 0.29) is 6.04 Å². The van der Waals surface area contributed by atoms with E-state index in [9.17, 15) is 0 Å². The first-order chi connectivity index (χ1) is 15.3. The Kier molecular flexibility index (Phi) is 5.38. The fraction of sp³-hybridized carbons (Fsp3) is 0.0769. The van der Waals surface area contributed by atoms with Gasteiger partial charge in [0.25, 0.3) is 0 Å². The molecule has 4 nitrogen and oxygen atoms in total. The van der Waals surface area contributed by atoms with Crippen LogP contribution in [0, 0.1) is 0 Å². The highest BCUT2D eigenvalue weighted by atomic mass is 35.5. The molecule has 152 valence electrons. The fourth-order valence-electron chi connectivity index (χ4n) is 3.75. The third-order valence-electron chi connectivity index (χ3n) is 5.30. The minimum atomic E-state index is -0.0843. The number of benzene rings is 3. The van der Waals surface area contributed by atoms with Crippen LogP contribution in [0.2, 0.25) is 5.02 Å². The molecule has 1 atom stereocenters. The molecule has 0 bridgehead atoms. The zero-order chi connectivity index (χ0) is 21.0. The van der Waals surface area contributed by atoms with Gasteiger partial charge in [0.15, 0.2) is 0 Å². The van der Waals surface area contributed by atoms with Crippen molar-refractivity contribution in [1.82, 2.24) is 14.5 Å². The summed E-state index contributed by atoms with van der Waals surface area (Å²) in [6.07, 6.45) is 7.46. The van der Waals surface area contributed by atoms with Crippen LogP contribution in [-0.4, -0.2) is 14.5 Å². The van der Waals surface area contributed by atoms with Gasteiger partial charge >= 0.3 is 0 Å². The summed E-state index contributed by atoms with van der Waals surface area (Å²) in [6, 6.07) is 26.1. The van der Waals surface area contributed by atoms with Crippen LogP contribution in [0.25, 0.3) is 10.8 Å². The van der Waals surface area contributed by atoms with Crippen LogP contribution in [-0.2, 0) is 6.61 Å². The molecule has 5 rings (SSSR count). The maximum atomic E-state index is 5.96. The van der Waals surface area contributed by atoms with Crippen LogP contribution in [0.4, 0.5) is 0 Å². The van der Waals surface area contributed by atoms with Gasteiger partial charge in [-0.15, -0.1) is 0 Å². The van der Waals surface area contributed by atoms with Gasteiger partial charge in [0, 0.05) is 29.0 Å². The second kappa shape index (κ2) is 8.62. The molecule has 2 aromatic heterocycles. The molecular formula is C26H20ClN3O. The van der Waals surface area contributed by atoms with Gasteiger partial charge in [-0.05, 0) is 46.8 Å². The quantitative estimate of drug-likeness (QED) is 0.320. The van der Waals surface area contributed by atoms with Crippen molar-refractivity contribution in [2.45, 2.75) is 12.6 Å². The zero-order valence-electron chi connectivity index (χ0n) is 16.7. The Morgan fingerprint density at radius 3 is 2.45 bits per heavy atom. The number of imidazole rings is 1. The number of halogens is 1. The molecule has 0 aliphatic rings. The Balaban J connectivity index is 1.46. The number of ether oxygens (including phenoxy) is 1. The van der Waals surface area contributed by atoms with E-state index in [0.717, 1.165) is 33.0 Å². The van der Waals surface area contributed by atoms with E-state index in [4.69, 9.17) is 21.3 Å². The fourth-order valence-corrected chi connectivity index (χ4v) is 3.87. The van der Waals surface area contributed by atoms with Crippen molar-refractivity contribution in [1.29, 1.82) is 0 Å². The van der Waals surface area contributed by atoms with Crippen LogP contribution in [0.3, 0.4) is 0 Å². The van der Waals surface area contributed by atoms with Crippen molar-refractivity contribution in [2.75, 3.05) is 0 Å². The number of nitrogens with zero attached hydrogens (tertiary/aromatic N) is 3. The summed E-state index contributed by atoms with van der Waals surface area (Å²) in [5.74, 6) is 0.814. The number of hydrogen-bond donors (Lipinski definition) is 0. The highest BCUT2D eigenvalue weighted by molar-refractivity contribution is 6.30. The van der Waals surface area contributed by atoms with E-state index in [2.05, 4.69) is 33.8 Å². The largest absolute Gasteiger partial charge is 0.489 e. The topological polar surface area (TPSA) is 39.9 Å². The smallest absolute Gasteiger partial charge is 0.119 e. The highest BCUT2D eigenvalue weighted by Crippen LogP contribution is 2.31. The third kappa shape index (κ3) is 4.16. The monoisotopic (exact) mass is 425 g/mol. The van der Waals surface area contributed by atoms with Gasteiger partial charge in [0.1, 0.15) is 18.4 Å². The molecule has 0 aliphatic heterocycles.